The normalized spacial score (nSPS) is 20.8. The Kier molecular flexibility index (Phi) is 4.61. The third kappa shape index (κ3) is 3.79. The van der Waals surface area contributed by atoms with Crippen molar-refractivity contribution >= 4 is 34.5 Å². The first-order valence-electron chi connectivity index (χ1n) is 8.86. The molecule has 2 aliphatic rings. The number of hydrogen-bond acceptors (Lipinski definition) is 4. The lowest BCUT2D eigenvalue weighted by Gasteiger charge is -2.14. The van der Waals surface area contributed by atoms with Gasteiger partial charge in [0.25, 0.3) is 5.91 Å². The van der Waals surface area contributed by atoms with Crippen molar-refractivity contribution in [1.29, 1.82) is 0 Å². The van der Waals surface area contributed by atoms with Crippen molar-refractivity contribution in [2.24, 2.45) is 0 Å². The van der Waals surface area contributed by atoms with Gasteiger partial charge in [-0.3, -0.25) is 9.59 Å². The van der Waals surface area contributed by atoms with Crippen LogP contribution >= 0.6 is 11.8 Å². The van der Waals surface area contributed by atoms with Gasteiger partial charge in [-0.25, -0.2) is 4.98 Å². The number of nitrogens with zero attached hydrogens (tertiary/aromatic N) is 1. The number of carbonyl (C=O) groups excluding carboxylic acids is 2. The van der Waals surface area contributed by atoms with E-state index in [-0.39, 0.29) is 17.1 Å². The summed E-state index contributed by atoms with van der Waals surface area (Å²) in [7, 11) is 0. The number of para-hydroxylation sites is 1. The first-order valence-corrected chi connectivity index (χ1v) is 9.74. The Labute approximate surface area is 151 Å². The molecular formula is C19H21N3O2S. The minimum absolute atomic E-state index is 0.0479. The fourth-order valence-electron chi connectivity index (χ4n) is 3.06. The Bertz CT molecular complexity index is 819. The zero-order valence-electron chi connectivity index (χ0n) is 14.0. The summed E-state index contributed by atoms with van der Waals surface area (Å²) >= 11 is 1.46. The lowest BCUT2D eigenvalue weighted by Crippen LogP contribution is -2.30. The number of amides is 2. The molecule has 1 saturated carbocycles. The molecule has 1 aromatic carbocycles. The predicted octanol–water partition coefficient (Wildman–Crippen LogP) is 2.89. The van der Waals surface area contributed by atoms with Gasteiger partial charge >= 0.3 is 0 Å². The highest BCUT2D eigenvalue weighted by Crippen LogP contribution is 2.30. The van der Waals surface area contributed by atoms with Crippen molar-refractivity contribution < 1.29 is 9.59 Å². The van der Waals surface area contributed by atoms with Gasteiger partial charge in [0, 0.05) is 18.0 Å². The maximum atomic E-state index is 12.6. The smallest absolute Gasteiger partial charge is 0.252 e. The average Bonchev–Trinajstić information content (AvgIpc) is 3.44. The molecule has 1 aliphatic carbocycles. The molecular weight excluding hydrogens is 334 g/mol. The van der Waals surface area contributed by atoms with Crippen LogP contribution in [0.1, 0.15) is 42.5 Å². The molecule has 25 heavy (non-hydrogen) atoms. The minimum Gasteiger partial charge on any atom is -0.355 e. The van der Waals surface area contributed by atoms with Crippen LogP contribution in [-0.2, 0) is 4.79 Å². The van der Waals surface area contributed by atoms with Crippen LogP contribution in [0.3, 0.4) is 0 Å². The van der Waals surface area contributed by atoms with Gasteiger partial charge < -0.3 is 10.6 Å². The number of nitrogens with one attached hydrogen (secondary N) is 2. The van der Waals surface area contributed by atoms with Gasteiger partial charge in [0.15, 0.2) is 0 Å². The first-order chi connectivity index (χ1) is 12.2. The van der Waals surface area contributed by atoms with Gasteiger partial charge in [0.2, 0.25) is 5.91 Å². The molecule has 1 aliphatic heterocycles. The van der Waals surface area contributed by atoms with Gasteiger partial charge in [-0.15, -0.1) is 0 Å². The zero-order valence-corrected chi connectivity index (χ0v) is 14.8. The molecule has 0 spiro atoms. The Balaban J connectivity index is 1.66. The number of pyridine rings is 1. The summed E-state index contributed by atoms with van der Waals surface area (Å²) in [6.45, 7) is 0.746. The fraction of sp³-hybridized carbons (Fsp3) is 0.421. The summed E-state index contributed by atoms with van der Waals surface area (Å²) in [4.78, 5) is 29.5. The van der Waals surface area contributed by atoms with E-state index in [0.29, 0.717) is 11.6 Å². The summed E-state index contributed by atoms with van der Waals surface area (Å²) in [5.41, 5.74) is 1.44. The van der Waals surface area contributed by atoms with E-state index in [9.17, 15) is 9.59 Å². The summed E-state index contributed by atoms with van der Waals surface area (Å²) in [5.74, 6) is 0.0229. The maximum absolute atomic E-state index is 12.6. The van der Waals surface area contributed by atoms with E-state index < -0.39 is 0 Å². The second-order valence-electron chi connectivity index (χ2n) is 6.67. The molecule has 130 valence electrons. The first kappa shape index (κ1) is 16.4. The molecule has 0 bridgehead atoms. The molecule has 2 fully saturated rings. The van der Waals surface area contributed by atoms with Crippen molar-refractivity contribution in [3.8, 4) is 0 Å². The highest BCUT2D eigenvalue weighted by Gasteiger charge is 2.26. The SMILES string of the molecule is O=C(NC1CC1)c1cc(S[C@@H]2CCCCNC2=O)nc2ccccc12. The number of rotatable bonds is 4. The number of thioether (sulfide) groups is 1. The standard InChI is InChI=1S/C19H21N3O2S/c23-18(21-12-8-9-12)14-11-17(22-15-6-2-1-5-13(14)15)25-16-7-3-4-10-20-19(16)24/h1-2,5-6,11-12,16H,3-4,7-10H2,(H,20,24)(H,21,23)/t16-/m1/s1. The number of carbonyl (C=O) groups is 2. The zero-order chi connectivity index (χ0) is 17.2. The highest BCUT2D eigenvalue weighted by molar-refractivity contribution is 8.00. The summed E-state index contributed by atoms with van der Waals surface area (Å²) < 4.78 is 0. The Hall–Kier alpha value is -2.08. The topological polar surface area (TPSA) is 71.1 Å². The third-order valence-electron chi connectivity index (χ3n) is 4.60. The van der Waals surface area contributed by atoms with E-state index in [1.165, 1.54) is 11.8 Å². The van der Waals surface area contributed by atoms with E-state index in [1.54, 1.807) is 0 Å². The molecule has 1 aromatic heterocycles. The molecule has 0 unspecified atom stereocenters. The van der Waals surface area contributed by atoms with Gasteiger partial charge in [0.1, 0.15) is 0 Å². The van der Waals surface area contributed by atoms with Crippen molar-refractivity contribution in [2.45, 2.75) is 48.4 Å². The minimum atomic E-state index is -0.143. The van der Waals surface area contributed by atoms with Crippen LogP contribution in [0.15, 0.2) is 35.4 Å². The summed E-state index contributed by atoms with van der Waals surface area (Å²) in [6.07, 6.45) is 4.99. The molecule has 4 rings (SSSR count). The van der Waals surface area contributed by atoms with Crippen LogP contribution in [0.25, 0.3) is 10.9 Å². The highest BCUT2D eigenvalue weighted by atomic mass is 32.2. The van der Waals surface area contributed by atoms with Crippen LogP contribution in [0, 0.1) is 0 Å². The number of hydrogen-bond donors (Lipinski definition) is 2. The molecule has 2 N–H and O–H groups in total. The largest absolute Gasteiger partial charge is 0.355 e. The fourth-order valence-corrected chi connectivity index (χ4v) is 4.16. The van der Waals surface area contributed by atoms with E-state index >= 15 is 0 Å². The molecule has 1 saturated heterocycles. The van der Waals surface area contributed by atoms with Crippen molar-refractivity contribution in [1.82, 2.24) is 15.6 Å². The molecule has 6 heteroatoms. The van der Waals surface area contributed by atoms with Crippen LogP contribution in [0.5, 0.6) is 0 Å². The van der Waals surface area contributed by atoms with E-state index in [2.05, 4.69) is 15.6 Å². The van der Waals surface area contributed by atoms with Gasteiger partial charge in [-0.1, -0.05) is 36.4 Å². The van der Waals surface area contributed by atoms with Gasteiger partial charge in [-0.05, 0) is 37.8 Å². The van der Waals surface area contributed by atoms with Gasteiger partial charge in [0.05, 0.1) is 21.4 Å². The number of benzene rings is 1. The maximum Gasteiger partial charge on any atom is 0.252 e. The van der Waals surface area contributed by atoms with Crippen LogP contribution < -0.4 is 10.6 Å². The average molecular weight is 355 g/mol. The van der Waals surface area contributed by atoms with Crippen LogP contribution in [0.4, 0.5) is 0 Å². The lowest BCUT2D eigenvalue weighted by molar-refractivity contribution is -0.120. The molecule has 2 amide bonds. The molecule has 2 aromatic rings. The number of aromatic nitrogens is 1. The Morgan fingerprint density at radius 3 is 2.88 bits per heavy atom. The molecule has 0 radical (unpaired) electrons. The van der Waals surface area contributed by atoms with Gasteiger partial charge in [-0.2, -0.15) is 0 Å². The molecule has 5 nitrogen and oxygen atoms in total. The third-order valence-corrected chi connectivity index (χ3v) is 5.78. The van der Waals surface area contributed by atoms with E-state index in [1.807, 2.05) is 30.3 Å². The second-order valence-corrected chi connectivity index (χ2v) is 7.89. The number of fused-ring (bicyclic) bond motifs is 1. The second kappa shape index (κ2) is 7.04. The van der Waals surface area contributed by atoms with Crippen molar-refractivity contribution in [3.63, 3.8) is 0 Å². The lowest BCUT2D eigenvalue weighted by atomic mass is 10.1. The Morgan fingerprint density at radius 1 is 1.20 bits per heavy atom. The molecule has 2 heterocycles. The van der Waals surface area contributed by atoms with Crippen molar-refractivity contribution in [2.75, 3.05) is 6.54 Å². The van der Waals surface area contributed by atoms with Crippen molar-refractivity contribution in [3.05, 3.63) is 35.9 Å². The van der Waals surface area contributed by atoms with Crippen LogP contribution in [0.2, 0.25) is 0 Å². The molecule has 1 atom stereocenters. The monoisotopic (exact) mass is 355 g/mol. The quantitative estimate of drug-likeness (QED) is 0.885. The Morgan fingerprint density at radius 2 is 2.04 bits per heavy atom. The van der Waals surface area contributed by atoms with E-state index in [0.717, 1.165) is 54.6 Å². The summed E-state index contributed by atoms with van der Waals surface area (Å²) in [6, 6.07) is 9.83. The van der Waals surface area contributed by atoms with Crippen LogP contribution in [-0.4, -0.2) is 34.6 Å². The summed E-state index contributed by atoms with van der Waals surface area (Å²) in [5, 5.41) is 7.47. The van der Waals surface area contributed by atoms with E-state index in [4.69, 9.17) is 0 Å². The predicted molar refractivity (Wildman–Crippen MR) is 98.7 cm³/mol.